The molecule has 1 unspecified atom stereocenters. The number of aromatic nitrogens is 2. The summed E-state index contributed by atoms with van der Waals surface area (Å²) in [5.74, 6) is 1.63. The molecule has 0 radical (unpaired) electrons. The summed E-state index contributed by atoms with van der Waals surface area (Å²) >= 11 is 0. The summed E-state index contributed by atoms with van der Waals surface area (Å²) in [6.07, 6.45) is 0. The maximum Gasteiger partial charge on any atom is 0.257 e. The highest BCUT2D eigenvalue weighted by Crippen LogP contribution is 2.24. The van der Waals surface area contributed by atoms with Crippen molar-refractivity contribution in [3.8, 4) is 5.75 Å². The van der Waals surface area contributed by atoms with Gasteiger partial charge in [0.2, 0.25) is 5.89 Å². The summed E-state index contributed by atoms with van der Waals surface area (Å²) in [6.45, 7) is 8.03. The van der Waals surface area contributed by atoms with Crippen molar-refractivity contribution in [2.75, 3.05) is 19.0 Å². The van der Waals surface area contributed by atoms with Gasteiger partial charge in [0.25, 0.3) is 5.91 Å². The minimum Gasteiger partial charge on any atom is -0.484 e. The molecule has 0 aliphatic rings. The zero-order chi connectivity index (χ0) is 17.7. The van der Waals surface area contributed by atoms with Crippen molar-refractivity contribution in [3.05, 3.63) is 36.0 Å². The smallest absolute Gasteiger partial charge is 0.257 e. The van der Waals surface area contributed by atoms with Crippen molar-refractivity contribution in [2.24, 2.45) is 0 Å². The summed E-state index contributed by atoms with van der Waals surface area (Å²) in [7, 11) is 1.57. The minimum absolute atomic E-state index is 0.0197. The topological polar surface area (TPSA) is 89.3 Å². The number of rotatable bonds is 6. The quantitative estimate of drug-likeness (QED) is 0.845. The van der Waals surface area contributed by atoms with Crippen LogP contribution in [0.3, 0.4) is 0 Å². The van der Waals surface area contributed by atoms with Crippen LogP contribution >= 0.6 is 0 Å². The third-order valence-electron chi connectivity index (χ3n) is 3.35. The van der Waals surface area contributed by atoms with E-state index in [9.17, 15) is 4.79 Å². The first-order chi connectivity index (χ1) is 11.3. The Bertz CT molecular complexity index is 691. The summed E-state index contributed by atoms with van der Waals surface area (Å²) in [5.41, 5.74) is 0.683. The van der Waals surface area contributed by atoms with Gasteiger partial charge >= 0.3 is 0 Å². The Morgan fingerprint density at radius 1 is 1.38 bits per heavy atom. The molecule has 1 aromatic heterocycles. The second-order valence-electron chi connectivity index (χ2n) is 6.56. The molecule has 7 nitrogen and oxygen atoms in total. The summed E-state index contributed by atoms with van der Waals surface area (Å²) < 4.78 is 10.8. The number of carbonyl (C=O) groups is 1. The highest BCUT2D eigenvalue weighted by atomic mass is 16.5. The molecule has 130 valence electrons. The number of anilines is 1. The maximum absolute atomic E-state index is 11.2. The molecule has 1 heterocycles. The molecule has 0 saturated carbocycles. The van der Waals surface area contributed by atoms with E-state index in [1.54, 1.807) is 13.1 Å². The van der Waals surface area contributed by atoms with Crippen molar-refractivity contribution < 1.29 is 14.1 Å². The summed E-state index contributed by atoms with van der Waals surface area (Å²) in [5, 5.41) is 9.83. The molecule has 0 spiro atoms. The van der Waals surface area contributed by atoms with Crippen LogP contribution in [0.2, 0.25) is 0 Å². The Labute approximate surface area is 141 Å². The van der Waals surface area contributed by atoms with E-state index in [2.05, 4.69) is 20.8 Å². The molecule has 0 fully saturated rings. The lowest BCUT2D eigenvalue weighted by Crippen LogP contribution is -2.24. The Kier molecular flexibility index (Phi) is 5.43. The highest BCUT2D eigenvalue weighted by Gasteiger charge is 2.23. The van der Waals surface area contributed by atoms with E-state index in [1.165, 1.54) is 0 Å². The lowest BCUT2D eigenvalue weighted by Gasteiger charge is -2.13. The number of amides is 1. The zero-order valence-electron chi connectivity index (χ0n) is 14.7. The number of hydrogen-bond donors (Lipinski definition) is 2. The fourth-order valence-corrected chi connectivity index (χ4v) is 1.92. The molecule has 0 bridgehead atoms. The van der Waals surface area contributed by atoms with Gasteiger partial charge in [-0.1, -0.05) is 32.0 Å². The van der Waals surface area contributed by atoms with Gasteiger partial charge in [0.15, 0.2) is 12.4 Å². The number of nitrogens with zero attached hydrogens (tertiary/aromatic N) is 2. The third kappa shape index (κ3) is 4.71. The summed E-state index contributed by atoms with van der Waals surface area (Å²) in [6, 6.07) is 7.22. The molecular formula is C17H24N4O3. The first kappa shape index (κ1) is 17.8. The van der Waals surface area contributed by atoms with Crippen LogP contribution in [0.25, 0.3) is 0 Å². The van der Waals surface area contributed by atoms with Crippen LogP contribution in [0.4, 0.5) is 5.69 Å². The van der Waals surface area contributed by atoms with Gasteiger partial charge in [-0.25, -0.2) is 0 Å². The molecule has 0 aliphatic heterocycles. The predicted molar refractivity (Wildman–Crippen MR) is 91.0 cm³/mol. The second kappa shape index (κ2) is 7.33. The van der Waals surface area contributed by atoms with Gasteiger partial charge < -0.3 is 19.9 Å². The number of carbonyl (C=O) groups excluding carboxylic acids is 1. The van der Waals surface area contributed by atoms with Crippen LogP contribution in [0.1, 0.15) is 45.5 Å². The molecule has 24 heavy (non-hydrogen) atoms. The Hall–Kier alpha value is -2.57. The fourth-order valence-electron chi connectivity index (χ4n) is 1.92. The number of ether oxygens (including phenoxy) is 1. The number of likely N-dealkylation sites (N-methyl/N-ethyl adjacent to an activating group) is 1. The van der Waals surface area contributed by atoms with Crippen molar-refractivity contribution in [3.63, 3.8) is 0 Å². The zero-order valence-corrected chi connectivity index (χ0v) is 14.7. The number of nitrogens with one attached hydrogen (secondary N) is 2. The Balaban J connectivity index is 2.02. The second-order valence-corrected chi connectivity index (χ2v) is 6.56. The standard InChI is InChI=1S/C17H24N4O3/c1-11(15-20-16(21-24-15)17(2,3)4)19-12-7-6-8-13(9-12)23-10-14(22)18-5/h6-9,11,19H,10H2,1-5H3,(H,18,22). The predicted octanol–water partition coefficient (Wildman–Crippen LogP) is 2.67. The van der Waals surface area contributed by atoms with E-state index in [0.717, 1.165) is 5.69 Å². The maximum atomic E-state index is 11.2. The highest BCUT2D eigenvalue weighted by molar-refractivity contribution is 5.77. The third-order valence-corrected chi connectivity index (χ3v) is 3.35. The largest absolute Gasteiger partial charge is 0.484 e. The molecule has 0 saturated heterocycles. The number of benzene rings is 1. The van der Waals surface area contributed by atoms with Crippen LogP contribution < -0.4 is 15.4 Å². The molecule has 7 heteroatoms. The van der Waals surface area contributed by atoms with Gasteiger partial charge in [-0.15, -0.1) is 0 Å². The molecule has 1 atom stereocenters. The fraction of sp³-hybridized carbons (Fsp3) is 0.471. The van der Waals surface area contributed by atoms with Crippen LogP contribution in [0.5, 0.6) is 5.75 Å². The van der Waals surface area contributed by atoms with Crippen LogP contribution in [-0.4, -0.2) is 29.7 Å². The van der Waals surface area contributed by atoms with Crippen molar-refractivity contribution in [1.82, 2.24) is 15.5 Å². The minimum atomic E-state index is -0.178. The molecule has 1 aromatic carbocycles. The average Bonchev–Trinajstić information content (AvgIpc) is 3.03. The van der Waals surface area contributed by atoms with Crippen LogP contribution in [0.15, 0.2) is 28.8 Å². The molecule has 0 aliphatic carbocycles. The van der Waals surface area contributed by atoms with Gasteiger partial charge in [-0.05, 0) is 19.1 Å². The van der Waals surface area contributed by atoms with E-state index in [-0.39, 0.29) is 24.0 Å². The lowest BCUT2D eigenvalue weighted by atomic mass is 9.96. The van der Waals surface area contributed by atoms with Crippen molar-refractivity contribution in [2.45, 2.75) is 39.2 Å². The first-order valence-electron chi connectivity index (χ1n) is 7.83. The molecule has 1 amide bonds. The molecule has 2 aromatic rings. The van der Waals surface area contributed by atoms with Gasteiger partial charge in [0.1, 0.15) is 11.8 Å². The molecule has 2 rings (SSSR count). The summed E-state index contributed by atoms with van der Waals surface area (Å²) in [4.78, 5) is 15.7. The Morgan fingerprint density at radius 2 is 2.12 bits per heavy atom. The SMILES string of the molecule is CNC(=O)COc1cccc(NC(C)c2nc(C(C)(C)C)no2)c1. The van der Waals surface area contributed by atoms with Gasteiger partial charge in [0.05, 0.1) is 0 Å². The monoisotopic (exact) mass is 332 g/mol. The van der Waals surface area contributed by atoms with E-state index in [1.807, 2.05) is 45.9 Å². The van der Waals surface area contributed by atoms with E-state index in [0.29, 0.717) is 17.5 Å². The van der Waals surface area contributed by atoms with Crippen molar-refractivity contribution in [1.29, 1.82) is 0 Å². The van der Waals surface area contributed by atoms with Gasteiger partial charge in [0, 0.05) is 24.2 Å². The van der Waals surface area contributed by atoms with Crippen LogP contribution in [0, 0.1) is 0 Å². The van der Waals surface area contributed by atoms with E-state index < -0.39 is 0 Å². The van der Waals surface area contributed by atoms with Crippen LogP contribution in [-0.2, 0) is 10.2 Å². The number of hydrogen-bond acceptors (Lipinski definition) is 6. The lowest BCUT2D eigenvalue weighted by molar-refractivity contribution is -0.122. The first-order valence-corrected chi connectivity index (χ1v) is 7.83. The van der Waals surface area contributed by atoms with Crippen molar-refractivity contribution >= 4 is 11.6 Å². The molecular weight excluding hydrogens is 308 g/mol. The van der Waals surface area contributed by atoms with Gasteiger partial charge in [-0.3, -0.25) is 4.79 Å². The van der Waals surface area contributed by atoms with Gasteiger partial charge in [-0.2, -0.15) is 4.98 Å². The van der Waals surface area contributed by atoms with E-state index in [4.69, 9.17) is 9.26 Å². The van der Waals surface area contributed by atoms with E-state index >= 15 is 0 Å². The normalized spacial score (nSPS) is 12.5. The molecule has 2 N–H and O–H groups in total. The Morgan fingerprint density at radius 3 is 2.75 bits per heavy atom. The average molecular weight is 332 g/mol.